The van der Waals surface area contributed by atoms with Crippen LogP contribution >= 0.6 is 11.3 Å². The van der Waals surface area contributed by atoms with E-state index < -0.39 is 0 Å². The van der Waals surface area contributed by atoms with Crippen molar-refractivity contribution < 1.29 is 0 Å². The van der Waals surface area contributed by atoms with Crippen LogP contribution in [0.1, 0.15) is 24.8 Å². The number of fused-ring (bicyclic) bond motifs is 1. The first-order chi connectivity index (χ1) is 8.86. The molecule has 94 valence electrons. The van der Waals surface area contributed by atoms with Gasteiger partial charge in [-0.15, -0.1) is 11.3 Å². The maximum absolute atomic E-state index is 4.74. The molecule has 0 atom stereocenters. The third-order valence-electron chi connectivity index (χ3n) is 3.40. The van der Waals surface area contributed by atoms with Gasteiger partial charge in [0.05, 0.1) is 10.2 Å². The van der Waals surface area contributed by atoms with Crippen LogP contribution in [0.2, 0.25) is 0 Å². The van der Waals surface area contributed by atoms with Crippen molar-refractivity contribution in [2.24, 2.45) is 0 Å². The molecule has 0 saturated heterocycles. The Morgan fingerprint density at radius 1 is 1.33 bits per heavy atom. The zero-order valence-corrected chi connectivity index (χ0v) is 11.5. The first-order valence-corrected chi connectivity index (χ1v) is 7.46. The molecule has 0 aliphatic carbocycles. The topological polar surface area (TPSA) is 16.1 Å². The lowest BCUT2D eigenvalue weighted by Gasteiger charge is -2.24. The van der Waals surface area contributed by atoms with E-state index >= 15 is 0 Å². The van der Waals surface area contributed by atoms with Crippen LogP contribution in [-0.2, 0) is 0 Å². The summed E-state index contributed by atoms with van der Waals surface area (Å²) in [4.78, 5) is 7.25. The van der Waals surface area contributed by atoms with E-state index in [1.165, 1.54) is 34.8 Å². The number of hydrogen-bond donors (Lipinski definition) is 0. The molecule has 1 aliphatic rings. The zero-order chi connectivity index (χ0) is 12.4. The van der Waals surface area contributed by atoms with Crippen molar-refractivity contribution in [1.82, 2.24) is 9.88 Å². The second-order valence-corrected chi connectivity index (χ2v) is 5.80. The summed E-state index contributed by atoms with van der Waals surface area (Å²) in [6.07, 6.45) is 4.74. The van der Waals surface area contributed by atoms with Crippen molar-refractivity contribution >= 4 is 27.1 Å². The van der Waals surface area contributed by atoms with Crippen molar-refractivity contribution in [3.8, 4) is 0 Å². The molecule has 1 aromatic heterocycles. The Morgan fingerprint density at radius 3 is 2.94 bits per heavy atom. The lowest BCUT2D eigenvalue weighted by molar-refractivity contribution is 0.302. The van der Waals surface area contributed by atoms with Crippen LogP contribution in [0.5, 0.6) is 0 Å². The Labute approximate surface area is 112 Å². The number of aromatic nitrogens is 1. The second-order valence-electron chi connectivity index (χ2n) is 4.77. The number of rotatable bonds is 3. The van der Waals surface area contributed by atoms with Crippen LogP contribution < -0.4 is 0 Å². The molecule has 0 bridgehead atoms. The summed E-state index contributed by atoms with van der Waals surface area (Å²) in [7, 11) is 0. The van der Waals surface area contributed by atoms with Gasteiger partial charge in [-0.1, -0.05) is 25.1 Å². The zero-order valence-electron chi connectivity index (χ0n) is 10.7. The van der Waals surface area contributed by atoms with Gasteiger partial charge in [0.1, 0.15) is 5.01 Å². The van der Waals surface area contributed by atoms with E-state index in [4.69, 9.17) is 4.98 Å². The highest BCUT2D eigenvalue weighted by Crippen LogP contribution is 2.30. The first-order valence-electron chi connectivity index (χ1n) is 6.64. The summed E-state index contributed by atoms with van der Waals surface area (Å²) in [5.41, 5.74) is 2.57. The largest absolute Gasteiger partial charge is 0.299 e. The lowest BCUT2D eigenvalue weighted by Crippen LogP contribution is -2.29. The second kappa shape index (κ2) is 5.21. The molecule has 0 amide bonds. The highest BCUT2D eigenvalue weighted by Gasteiger charge is 2.14. The minimum Gasteiger partial charge on any atom is -0.299 e. The number of para-hydroxylation sites is 1. The lowest BCUT2D eigenvalue weighted by atomic mass is 10.1. The number of benzene rings is 1. The SMILES string of the molecule is CCCN1CC=C(c2nc3ccccc3s2)CC1. The fourth-order valence-corrected chi connectivity index (χ4v) is 3.47. The van der Waals surface area contributed by atoms with Gasteiger partial charge in [-0.3, -0.25) is 4.90 Å². The Hall–Kier alpha value is -1.19. The predicted octanol–water partition coefficient (Wildman–Crippen LogP) is 3.80. The summed E-state index contributed by atoms with van der Waals surface area (Å²) >= 11 is 1.82. The van der Waals surface area contributed by atoms with E-state index in [9.17, 15) is 0 Å². The molecule has 0 unspecified atom stereocenters. The van der Waals surface area contributed by atoms with Crippen LogP contribution in [0.15, 0.2) is 30.3 Å². The van der Waals surface area contributed by atoms with E-state index in [1.807, 2.05) is 11.3 Å². The number of nitrogens with zero attached hydrogens (tertiary/aromatic N) is 2. The van der Waals surface area contributed by atoms with Crippen LogP contribution in [0.4, 0.5) is 0 Å². The van der Waals surface area contributed by atoms with Crippen LogP contribution in [0, 0.1) is 0 Å². The average Bonchev–Trinajstić information content (AvgIpc) is 2.84. The maximum Gasteiger partial charge on any atom is 0.120 e. The van der Waals surface area contributed by atoms with Crippen molar-refractivity contribution in [2.45, 2.75) is 19.8 Å². The van der Waals surface area contributed by atoms with Gasteiger partial charge in [0.25, 0.3) is 0 Å². The molecule has 0 radical (unpaired) electrons. The third-order valence-corrected chi connectivity index (χ3v) is 4.51. The minimum atomic E-state index is 1.08. The van der Waals surface area contributed by atoms with Crippen LogP contribution in [-0.4, -0.2) is 29.5 Å². The van der Waals surface area contributed by atoms with Crippen molar-refractivity contribution in [2.75, 3.05) is 19.6 Å². The van der Waals surface area contributed by atoms with Crippen LogP contribution in [0.3, 0.4) is 0 Å². The summed E-state index contributed by atoms with van der Waals surface area (Å²) in [5, 5.41) is 1.22. The fourth-order valence-electron chi connectivity index (χ4n) is 2.43. The monoisotopic (exact) mass is 258 g/mol. The van der Waals surface area contributed by atoms with Gasteiger partial charge in [-0.25, -0.2) is 4.98 Å². The molecule has 3 heteroatoms. The molecule has 0 spiro atoms. The first kappa shape index (κ1) is 11.9. The summed E-state index contributed by atoms with van der Waals surface area (Å²) in [6.45, 7) is 5.71. The molecular weight excluding hydrogens is 240 g/mol. The highest BCUT2D eigenvalue weighted by atomic mass is 32.1. The third kappa shape index (κ3) is 2.33. The van der Waals surface area contributed by atoms with Gasteiger partial charge in [-0.05, 0) is 37.1 Å². The Bertz CT molecular complexity index is 538. The summed E-state index contributed by atoms with van der Waals surface area (Å²) in [6, 6.07) is 8.40. The van der Waals surface area contributed by atoms with Crippen molar-refractivity contribution in [1.29, 1.82) is 0 Å². The molecule has 0 saturated carbocycles. The number of thiazole rings is 1. The normalized spacial score (nSPS) is 17.1. The molecule has 1 aliphatic heterocycles. The quantitative estimate of drug-likeness (QED) is 0.832. The molecule has 0 fully saturated rings. The molecule has 3 rings (SSSR count). The van der Waals surface area contributed by atoms with E-state index in [2.05, 4.69) is 42.2 Å². The average molecular weight is 258 g/mol. The maximum atomic E-state index is 4.74. The Morgan fingerprint density at radius 2 is 2.22 bits per heavy atom. The van der Waals surface area contributed by atoms with E-state index in [0.717, 1.165) is 18.5 Å². The van der Waals surface area contributed by atoms with Crippen LogP contribution in [0.25, 0.3) is 15.8 Å². The molecule has 2 nitrogen and oxygen atoms in total. The molecule has 0 N–H and O–H groups in total. The summed E-state index contributed by atoms with van der Waals surface area (Å²) < 4.78 is 1.30. The molecule has 2 heterocycles. The minimum absolute atomic E-state index is 1.08. The number of hydrogen-bond acceptors (Lipinski definition) is 3. The molecule has 18 heavy (non-hydrogen) atoms. The van der Waals surface area contributed by atoms with Gasteiger partial charge in [0.2, 0.25) is 0 Å². The highest BCUT2D eigenvalue weighted by molar-refractivity contribution is 7.19. The molecular formula is C15H18N2S. The molecule has 2 aromatic rings. The summed E-state index contributed by atoms with van der Waals surface area (Å²) in [5.74, 6) is 0. The Balaban J connectivity index is 1.83. The standard InChI is InChI=1S/C15H18N2S/c1-2-9-17-10-7-12(8-11-17)15-16-13-5-3-4-6-14(13)18-15/h3-7H,2,8-11H2,1H3. The van der Waals surface area contributed by atoms with Gasteiger partial charge >= 0.3 is 0 Å². The Kier molecular flexibility index (Phi) is 3.43. The van der Waals surface area contributed by atoms with Crippen molar-refractivity contribution in [3.63, 3.8) is 0 Å². The van der Waals surface area contributed by atoms with Gasteiger partial charge in [-0.2, -0.15) is 0 Å². The van der Waals surface area contributed by atoms with Gasteiger partial charge < -0.3 is 0 Å². The van der Waals surface area contributed by atoms with Gasteiger partial charge in [0.15, 0.2) is 0 Å². The van der Waals surface area contributed by atoms with Crippen molar-refractivity contribution in [3.05, 3.63) is 35.3 Å². The van der Waals surface area contributed by atoms with E-state index in [1.54, 1.807) is 0 Å². The van der Waals surface area contributed by atoms with Gasteiger partial charge in [0, 0.05) is 13.1 Å². The molecule has 1 aromatic carbocycles. The van der Waals surface area contributed by atoms with E-state index in [0.29, 0.717) is 0 Å². The smallest absolute Gasteiger partial charge is 0.120 e. The van der Waals surface area contributed by atoms with E-state index in [-0.39, 0.29) is 0 Å². The fraction of sp³-hybridized carbons (Fsp3) is 0.400. The predicted molar refractivity (Wildman–Crippen MR) is 78.9 cm³/mol.